The second-order valence-electron chi connectivity index (χ2n) is 4.21. The molecular weight excluding hydrogens is 266 g/mol. The highest BCUT2D eigenvalue weighted by Crippen LogP contribution is 2.24. The van der Waals surface area contributed by atoms with Crippen molar-refractivity contribution in [3.05, 3.63) is 23.8 Å². The number of carbonyl (C=O) groups excluding carboxylic acids is 1. The SMILES string of the molecule is CCN(CC)c1ccc(C(=O)CO)c(S(C)(=O)=O)c1. The highest BCUT2D eigenvalue weighted by molar-refractivity contribution is 7.90. The molecule has 0 saturated heterocycles. The Kier molecular flexibility index (Phi) is 5.08. The van der Waals surface area contributed by atoms with E-state index in [0.29, 0.717) is 0 Å². The van der Waals surface area contributed by atoms with Crippen LogP contribution in [0.3, 0.4) is 0 Å². The summed E-state index contributed by atoms with van der Waals surface area (Å²) in [5.41, 5.74) is 0.792. The van der Waals surface area contributed by atoms with Gasteiger partial charge in [0.1, 0.15) is 6.61 Å². The second kappa shape index (κ2) is 6.16. The van der Waals surface area contributed by atoms with E-state index in [9.17, 15) is 13.2 Å². The first-order valence-electron chi connectivity index (χ1n) is 6.08. The number of sulfone groups is 1. The largest absolute Gasteiger partial charge is 0.388 e. The van der Waals surface area contributed by atoms with Crippen LogP contribution in [0.4, 0.5) is 5.69 Å². The Bertz CT molecular complexity index is 562. The van der Waals surface area contributed by atoms with Gasteiger partial charge >= 0.3 is 0 Å². The van der Waals surface area contributed by atoms with Crippen molar-refractivity contribution in [1.29, 1.82) is 0 Å². The molecule has 0 aliphatic carbocycles. The molecule has 0 bridgehead atoms. The zero-order valence-corrected chi connectivity index (χ0v) is 12.2. The van der Waals surface area contributed by atoms with Gasteiger partial charge in [-0.05, 0) is 32.0 Å². The van der Waals surface area contributed by atoms with Gasteiger partial charge in [-0.1, -0.05) is 0 Å². The van der Waals surface area contributed by atoms with Gasteiger partial charge in [-0.3, -0.25) is 4.79 Å². The van der Waals surface area contributed by atoms with Crippen LogP contribution in [0.1, 0.15) is 24.2 Å². The first-order chi connectivity index (χ1) is 8.85. The normalized spacial score (nSPS) is 11.4. The third-order valence-corrected chi connectivity index (χ3v) is 4.07. The van der Waals surface area contributed by atoms with Gasteiger partial charge in [0.05, 0.1) is 4.90 Å². The molecule has 0 fully saturated rings. The lowest BCUT2D eigenvalue weighted by atomic mass is 10.1. The van der Waals surface area contributed by atoms with Crippen molar-refractivity contribution in [3.8, 4) is 0 Å². The van der Waals surface area contributed by atoms with Crippen molar-refractivity contribution in [2.24, 2.45) is 0 Å². The van der Waals surface area contributed by atoms with E-state index in [4.69, 9.17) is 5.11 Å². The van der Waals surface area contributed by atoms with Crippen molar-refractivity contribution in [2.75, 3.05) is 30.9 Å². The molecule has 19 heavy (non-hydrogen) atoms. The van der Waals surface area contributed by atoms with E-state index in [1.165, 1.54) is 12.1 Å². The molecule has 6 heteroatoms. The van der Waals surface area contributed by atoms with E-state index in [0.717, 1.165) is 25.0 Å². The topological polar surface area (TPSA) is 74.7 Å². The molecular formula is C13H19NO4S. The molecule has 5 nitrogen and oxygen atoms in total. The molecule has 0 aliphatic heterocycles. The molecule has 1 rings (SSSR count). The van der Waals surface area contributed by atoms with Crippen molar-refractivity contribution >= 4 is 21.3 Å². The minimum Gasteiger partial charge on any atom is -0.388 e. The van der Waals surface area contributed by atoms with Crippen molar-refractivity contribution in [3.63, 3.8) is 0 Å². The van der Waals surface area contributed by atoms with Crippen LogP contribution in [0.2, 0.25) is 0 Å². The zero-order chi connectivity index (χ0) is 14.6. The summed E-state index contributed by atoms with van der Waals surface area (Å²) >= 11 is 0. The monoisotopic (exact) mass is 285 g/mol. The number of rotatable bonds is 6. The van der Waals surface area contributed by atoms with E-state index in [1.54, 1.807) is 6.07 Å². The maximum Gasteiger partial charge on any atom is 0.189 e. The summed E-state index contributed by atoms with van der Waals surface area (Å²) in [6.07, 6.45) is 1.06. The smallest absolute Gasteiger partial charge is 0.189 e. The van der Waals surface area contributed by atoms with Gasteiger partial charge in [0.2, 0.25) is 0 Å². The lowest BCUT2D eigenvalue weighted by Crippen LogP contribution is -2.22. The predicted molar refractivity (Wildman–Crippen MR) is 74.5 cm³/mol. The Morgan fingerprint density at radius 3 is 2.26 bits per heavy atom. The summed E-state index contributed by atoms with van der Waals surface area (Å²) in [5.74, 6) is -0.591. The molecule has 0 aliphatic rings. The van der Waals surface area contributed by atoms with E-state index < -0.39 is 22.2 Å². The summed E-state index contributed by atoms with van der Waals surface area (Å²) in [6, 6.07) is 4.65. The third kappa shape index (κ3) is 3.54. The maximum absolute atomic E-state index is 11.8. The van der Waals surface area contributed by atoms with Crippen LogP contribution in [-0.4, -0.2) is 45.3 Å². The average Bonchev–Trinajstić information content (AvgIpc) is 2.38. The number of anilines is 1. The molecule has 1 aromatic rings. The molecule has 106 valence electrons. The van der Waals surface area contributed by atoms with Crippen molar-refractivity contribution < 1.29 is 18.3 Å². The number of nitrogens with zero attached hydrogens (tertiary/aromatic N) is 1. The molecule has 1 aromatic carbocycles. The number of benzene rings is 1. The van der Waals surface area contributed by atoms with Crippen LogP contribution in [0.5, 0.6) is 0 Å². The Labute approximate surface area is 113 Å². The Hall–Kier alpha value is -1.40. The van der Waals surface area contributed by atoms with Crippen molar-refractivity contribution in [1.82, 2.24) is 0 Å². The minimum absolute atomic E-state index is 0.0315. The minimum atomic E-state index is -3.52. The van der Waals surface area contributed by atoms with Gasteiger partial charge in [0.25, 0.3) is 0 Å². The molecule has 0 atom stereocenters. The van der Waals surface area contributed by atoms with E-state index in [2.05, 4.69) is 0 Å². The van der Waals surface area contributed by atoms with Gasteiger partial charge in [-0.25, -0.2) is 8.42 Å². The van der Waals surface area contributed by atoms with Crippen molar-refractivity contribution in [2.45, 2.75) is 18.7 Å². The highest BCUT2D eigenvalue weighted by Gasteiger charge is 2.19. The zero-order valence-electron chi connectivity index (χ0n) is 11.4. The number of aliphatic hydroxyl groups excluding tert-OH is 1. The predicted octanol–water partition coefficient (Wildman–Crippen LogP) is 1.11. The maximum atomic E-state index is 11.8. The number of aliphatic hydroxyl groups is 1. The molecule has 0 spiro atoms. The molecule has 0 amide bonds. The molecule has 0 heterocycles. The molecule has 0 radical (unpaired) electrons. The lowest BCUT2D eigenvalue weighted by Gasteiger charge is -2.22. The fourth-order valence-corrected chi connectivity index (χ4v) is 2.83. The van der Waals surface area contributed by atoms with Crippen LogP contribution < -0.4 is 4.90 Å². The number of ketones is 1. The van der Waals surface area contributed by atoms with Gasteiger partial charge in [0, 0.05) is 30.6 Å². The number of carbonyl (C=O) groups is 1. The van der Waals surface area contributed by atoms with Crippen LogP contribution in [0.15, 0.2) is 23.1 Å². The van der Waals surface area contributed by atoms with Crippen LogP contribution in [0.25, 0.3) is 0 Å². The van der Waals surface area contributed by atoms with Crippen LogP contribution in [-0.2, 0) is 9.84 Å². The summed E-state index contributed by atoms with van der Waals surface area (Å²) in [5, 5.41) is 8.89. The fraction of sp³-hybridized carbons (Fsp3) is 0.462. The first-order valence-corrected chi connectivity index (χ1v) is 7.97. The third-order valence-electron chi connectivity index (χ3n) is 2.94. The van der Waals surface area contributed by atoms with Gasteiger partial charge < -0.3 is 10.0 Å². The summed E-state index contributed by atoms with van der Waals surface area (Å²) in [7, 11) is -3.52. The average molecular weight is 285 g/mol. The molecule has 0 unspecified atom stereocenters. The van der Waals surface area contributed by atoms with E-state index in [-0.39, 0.29) is 10.5 Å². The first kappa shape index (κ1) is 15.7. The van der Waals surface area contributed by atoms with Gasteiger partial charge in [-0.15, -0.1) is 0 Å². The van der Waals surface area contributed by atoms with E-state index in [1.807, 2.05) is 18.7 Å². The van der Waals surface area contributed by atoms with Crippen LogP contribution in [0, 0.1) is 0 Å². The summed E-state index contributed by atoms with van der Waals surface area (Å²) in [4.78, 5) is 13.5. The molecule has 0 aromatic heterocycles. The molecule has 0 saturated carbocycles. The second-order valence-corrected chi connectivity index (χ2v) is 6.19. The number of Topliss-reactive ketones (excluding diaryl/α,β-unsaturated/α-hetero) is 1. The Morgan fingerprint density at radius 2 is 1.84 bits per heavy atom. The Balaban J connectivity index is 3.44. The highest BCUT2D eigenvalue weighted by atomic mass is 32.2. The quantitative estimate of drug-likeness (QED) is 0.793. The summed E-state index contributed by atoms with van der Waals surface area (Å²) in [6.45, 7) is 4.72. The Morgan fingerprint density at radius 1 is 1.26 bits per heavy atom. The van der Waals surface area contributed by atoms with Gasteiger partial charge in [-0.2, -0.15) is 0 Å². The fourth-order valence-electron chi connectivity index (χ4n) is 1.92. The van der Waals surface area contributed by atoms with E-state index >= 15 is 0 Å². The number of hydrogen-bond acceptors (Lipinski definition) is 5. The van der Waals surface area contributed by atoms with Gasteiger partial charge in [0.15, 0.2) is 15.6 Å². The summed E-state index contributed by atoms with van der Waals surface area (Å²) < 4.78 is 23.5. The number of hydrogen-bond donors (Lipinski definition) is 1. The molecule has 1 N–H and O–H groups in total. The van der Waals surface area contributed by atoms with Crippen LogP contribution >= 0.6 is 0 Å². The lowest BCUT2D eigenvalue weighted by molar-refractivity contribution is 0.0900. The standard InChI is InChI=1S/C13H19NO4S/c1-4-14(5-2)10-6-7-11(12(16)9-15)13(8-10)19(3,17)18/h6-8,15H,4-5,9H2,1-3H3.